The van der Waals surface area contributed by atoms with Gasteiger partial charge in [-0.2, -0.15) is 0 Å². The number of carbonyl (C=O) groups is 2. The third-order valence-corrected chi connectivity index (χ3v) is 2.33. The van der Waals surface area contributed by atoms with Crippen LogP contribution in [-0.4, -0.2) is 30.3 Å². The lowest BCUT2D eigenvalue weighted by Crippen LogP contribution is -2.42. The van der Waals surface area contributed by atoms with Crippen molar-refractivity contribution in [2.24, 2.45) is 11.3 Å². The Morgan fingerprint density at radius 1 is 1.53 bits per heavy atom. The molecule has 1 unspecified atom stereocenters. The molecule has 0 aromatic carbocycles. The van der Waals surface area contributed by atoms with Gasteiger partial charge in [0, 0.05) is 6.54 Å². The molecule has 1 amide bonds. The number of hydrogen-bond donors (Lipinski definition) is 2. The number of ether oxygens (including phenoxy) is 1. The fraction of sp³-hybridized carbons (Fsp3) is 0.667. The van der Waals surface area contributed by atoms with E-state index in [1.165, 1.54) is 6.08 Å². The first kappa shape index (κ1) is 15.5. The molecular weight excluding hydrogens is 222 g/mol. The van der Waals surface area contributed by atoms with Crippen LogP contribution in [-0.2, 0) is 9.53 Å². The monoisotopic (exact) mass is 243 g/mol. The highest BCUT2D eigenvalue weighted by Gasteiger charge is 2.34. The van der Waals surface area contributed by atoms with Crippen LogP contribution in [0.25, 0.3) is 0 Å². The van der Waals surface area contributed by atoms with E-state index in [0.717, 1.165) is 0 Å². The molecule has 0 fully saturated rings. The molecule has 5 nitrogen and oxygen atoms in total. The van der Waals surface area contributed by atoms with Crippen molar-refractivity contribution < 1.29 is 19.4 Å². The third-order valence-electron chi connectivity index (χ3n) is 2.33. The van der Waals surface area contributed by atoms with Crippen molar-refractivity contribution in [1.82, 2.24) is 5.32 Å². The molecule has 2 N–H and O–H groups in total. The molecule has 0 aliphatic heterocycles. The summed E-state index contributed by atoms with van der Waals surface area (Å²) in [5.74, 6) is -0.683. The van der Waals surface area contributed by atoms with Gasteiger partial charge in [0.25, 0.3) is 0 Å². The molecule has 0 aliphatic rings. The van der Waals surface area contributed by atoms with Gasteiger partial charge in [0.15, 0.2) is 0 Å². The molecule has 0 saturated heterocycles. The van der Waals surface area contributed by atoms with E-state index in [0.29, 0.717) is 6.42 Å². The topological polar surface area (TPSA) is 75.6 Å². The fourth-order valence-corrected chi connectivity index (χ4v) is 1.59. The predicted molar refractivity (Wildman–Crippen MR) is 64.7 cm³/mol. The van der Waals surface area contributed by atoms with Crippen LogP contribution < -0.4 is 5.32 Å². The maximum absolute atomic E-state index is 11.2. The summed E-state index contributed by atoms with van der Waals surface area (Å²) >= 11 is 0. The number of carboxylic acids is 1. The van der Waals surface area contributed by atoms with Gasteiger partial charge in [0.2, 0.25) is 0 Å². The summed E-state index contributed by atoms with van der Waals surface area (Å²) in [4.78, 5) is 22.4. The number of hydrogen-bond acceptors (Lipinski definition) is 3. The lowest BCUT2D eigenvalue weighted by Gasteiger charge is -2.26. The van der Waals surface area contributed by atoms with Gasteiger partial charge in [0.1, 0.15) is 6.61 Å². The molecule has 0 radical (unpaired) electrons. The molecule has 0 spiro atoms. The van der Waals surface area contributed by atoms with E-state index < -0.39 is 17.5 Å². The van der Waals surface area contributed by atoms with Crippen LogP contribution in [0.1, 0.15) is 27.2 Å². The SMILES string of the molecule is C=CCOC(=O)NCC(C)(CC(C)C)C(=O)O. The Morgan fingerprint density at radius 3 is 2.53 bits per heavy atom. The molecule has 0 aromatic heterocycles. The van der Waals surface area contributed by atoms with Gasteiger partial charge in [-0.25, -0.2) is 4.79 Å². The normalized spacial score (nSPS) is 13.9. The molecule has 1 atom stereocenters. The van der Waals surface area contributed by atoms with Crippen LogP contribution in [0, 0.1) is 11.3 Å². The van der Waals surface area contributed by atoms with Crippen molar-refractivity contribution in [3.63, 3.8) is 0 Å². The molecular formula is C12H21NO4. The molecule has 0 rings (SSSR count). The maximum atomic E-state index is 11.2. The van der Waals surface area contributed by atoms with Crippen LogP contribution in [0.4, 0.5) is 4.79 Å². The Labute approximate surface area is 102 Å². The van der Waals surface area contributed by atoms with Gasteiger partial charge < -0.3 is 15.2 Å². The van der Waals surface area contributed by atoms with Crippen LogP contribution in [0.5, 0.6) is 0 Å². The minimum atomic E-state index is -0.971. The first-order valence-corrected chi connectivity index (χ1v) is 5.56. The zero-order valence-corrected chi connectivity index (χ0v) is 10.7. The molecule has 98 valence electrons. The van der Waals surface area contributed by atoms with Gasteiger partial charge in [-0.15, -0.1) is 0 Å². The fourth-order valence-electron chi connectivity index (χ4n) is 1.59. The lowest BCUT2D eigenvalue weighted by atomic mass is 9.82. The second-order valence-electron chi connectivity index (χ2n) is 4.70. The zero-order chi connectivity index (χ0) is 13.5. The maximum Gasteiger partial charge on any atom is 0.407 e. The van der Waals surface area contributed by atoms with Crippen LogP contribution in [0.2, 0.25) is 0 Å². The average Bonchev–Trinajstić information content (AvgIpc) is 2.22. The third kappa shape index (κ3) is 5.94. The Balaban J connectivity index is 4.31. The van der Waals surface area contributed by atoms with Crippen LogP contribution in [0.15, 0.2) is 12.7 Å². The minimum Gasteiger partial charge on any atom is -0.481 e. The first-order chi connectivity index (χ1) is 7.81. The van der Waals surface area contributed by atoms with E-state index in [1.54, 1.807) is 6.92 Å². The van der Waals surface area contributed by atoms with Crippen molar-refractivity contribution in [2.75, 3.05) is 13.2 Å². The van der Waals surface area contributed by atoms with E-state index in [2.05, 4.69) is 11.9 Å². The van der Waals surface area contributed by atoms with Crippen molar-refractivity contribution in [3.05, 3.63) is 12.7 Å². The molecule has 5 heteroatoms. The molecule has 0 heterocycles. The van der Waals surface area contributed by atoms with Gasteiger partial charge in [0.05, 0.1) is 5.41 Å². The van der Waals surface area contributed by atoms with Gasteiger partial charge in [-0.05, 0) is 19.3 Å². The molecule has 17 heavy (non-hydrogen) atoms. The highest BCUT2D eigenvalue weighted by molar-refractivity contribution is 5.76. The molecule has 0 saturated carbocycles. The molecule has 0 bridgehead atoms. The number of rotatable bonds is 7. The Hall–Kier alpha value is -1.52. The number of carbonyl (C=O) groups excluding carboxylic acids is 1. The largest absolute Gasteiger partial charge is 0.481 e. The smallest absolute Gasteiger partial charge is 0.407 e. The van der Waals surface area contributed by atoms with E-state index in [4.69, 9.17) is 9.84 Å². The summed E-state index contributed by atoms with van der Waals surface area (Å²) in [5.41, 5.74) is -0.971. The highest BCUT2D eigenvalue weighted by Crippen LogP contribution is 2.25. The quantitative estimate of drug-likeness (QED) is 0.671. The van der Waals surface area contributed by atoms with Gasteiger partial charge in [-0.3, -0.25) is 4.79 Å². The summed E-state index contributed by atoms with van der Waals surface area (Å²) in [7, 11) is 0. The van der Waals surface area contributed by atoms with Crippen LogP contribution in [0.3, 0.4) is 0 Å². The Kier molecular flexibility index (Phi) is 6.31. The summed E-state index contributed by atoms with van der Waals surface area (Å²) in [6, 6.07) is 0. The van der Waals surface area contributed by atoms with Crippen LogP contribution >= 0.6 is 0 Å². The van der Waals surface area contributed by atoms with Crippen molar-refractivity contribution in [3.8, 4) is 0 Å². The number of nitrogens with one attached hydrogen (secondary N) is 1. The summed E-state index contributed by atoms with van der Waals surface area (Å²) in [6.07, 6.45) is 1.31. The Bertz CT molecular complexity index is 288. The standard InChI is InChI=1S/C12H21NO4/c1-5-6-17-11(16)13-8-12(4,10(14)15)7-9(2)3/h5,9H,1,6-8H2,2-4H3,(H,13,16)(H,14,15). The van der Waals surface area contributed by atoms with Gasteiger partial charge in [-0.1, -0.05) is 26.5 Å². The molecule has 0 aliphatic carbocycles. The van der Waals surface area contributed by atoms with E-state index in [9.17, 15) is 9.59 Å². The van der Waals surface area contributed by atoms with E-state index in [-0.39, 0.29) is 19.1 Å². The first-order valence-electron chi connectivity index (χ1n) is 5.56. The van der Waals surface area contributed by atoms with Crippen molar-refractivity contribution in [1.29, 1.82) is 0 Å². The predicted octanol–water partition coefficient (Wildman–Crippen LogP) is 2.04. The molecule has 0 aromatic rings. The number of amides is 1. The van der Waals surface area contributed by atoms with E-state index in [1.807, 2.05) is 13.8 Å². The number of carboxylic acid groups (broad SMARTS) is 1. The summed E-state index contributed by atoms with van der Waals surface area (Å²) in [5, 5.41) is 11.6. The number of alkyl carbamates (subject to hydrolysis) is 1. The van der Waals surface area contributed by atoms with E-state index >= 15 is 0 Å². The Morgan fingerprint density at radius 2 is 2.12 bits per heavy atom. The average molecular weight is 243 g/mol. The number of aliphatic carboxylic acids is 1. The van der Waals surface area contributed by atoms with Crippen molar-refractivity contribution in [2.45, 2.75) is 27.2 Å². The van der Waals surface area contributed by atoms with Crippen molar-refractivity contribution >= 4 is 12.1 Å². The second-order valence-corrected chi connectivity index (χ2v) is 4.70. The second kappa shape index (κ2) is 6.93. The minimum absolute atomic E-state index is 0.0521. The zero-order valence-electron chi connectivity index (χ0n) is 10.7. The van der Waals surface area contributed by atoms with Gasteiger partial charge >= 0.3 is 12.1 Å². The summed E-state index contributed by atoms with van der Waals surface area (Å²) < 4.78 is 4.71. The highest BCUT2D eigenvalue weighted by atomic mass is 16.5. The summed E-state index contributed by atoms with van der Waals surface area (Å²) in [6.45, 7) is 9.07. The lowest BCUT2D eigenvalue weighted by molar-refractivity contribution is -0.148.